The molecule has 15 heavy (non-hydrogen) atoms. The summed E-state index contributed by atoms with van der Waals surface area (Å²) in [6.45, 7) is 5.03. The molecule has 0 spiro atoms. The number of nitrogens with one attached hydrogen (secondary N) is 1. The summed E-state index contributed by atoms with van der Waals surface area (Å²) >= 11 is 1.78. The maximum absolute atomic E-state index is 4.75. The molecule has 1 fully saturated rings. The van der Waals surface area contributed by atoms with Crippen molar-refractivity contribution in [3.05, 3.63) is 18.0 Å². The molecule has 0 aromatic carbocycles. The molecular formula is C10H15N3OS. The minimum absolute atomic E-state index is 0.502. The van der Waals surface area contributed by atoms with E-state index in [9.17, 15) is 0 Å². The molecule has 0 bridgehead atoms. The molecule has 2 atom stereocenters. The number of hydrogen-bond donors (Lipinski definition) is 1. The Morgan fingerprint density at radius 2 is 2.53 bits per heavy atom. The summed E-state index contributed by atoms with van der Waals surface area (Å²) in [5.74, 6) is 1.83. The molecule has 4 nitrogen and oxygen atoms in total. The molecule has 1 aromatic heterocycles. The fourth-order valence-electron chi connectivity index (χ4n) is 1.30. The minimum atomic E-state index is 0.502. The predicted molar refractivity (Wildman–Crippen MR) is 61.9 cm³/mol. The van der Waals surface area contributed by atoms with Crippen LogP contribution in [0.1, 0.15) is 19.5 Å². The fourth-order valence-corrected chi connectivity index (χ4v) is 2.43. The van der Waals surface area contributed by atoms with Gasteiger partial charge in [-0.05, 0) is 12.8 Å². The van der Waals surface area contributed by atoms with Crippen LogP contribution in [0, 0.1) is 5.92 Å². The van der Waals surface area contributed by atoms with Gasteiger partial charge in [0, 0.05) is 17.9 Å². The van der Waals surface area contributed by atoms with E-state index in [4.69, 9.17) is 4.52 Å². The molecule has 1 aliphatic heterocycles. The van der Waals surface area contributed by atoms with E-state index in [2.05, 4.69) is 29.3 Å². The highest BCUT2D eigenvalue weighted by Crippen LogP contribution is 2.19. The molecule has 82 valence electrons. The van der Waals surface area contributed by atoms with Crippen LogP contribution in [0.2, 0.25) is 0 Å². The Kier molecular flexibility index (Phi) is 3.30. The average Bonchev–Trinajstić information content (AvgIpc) is 2.73. The maximum atomic E-state index is 4.75. The van der Waals surface area contributed by atoms with Crippen LogP contribution in [0.5, 0.6) is 0 Å². The lowest BCUT2D eigenvalue weighted by Gasteiger charge is -2.28. The molecule has 1 aliphatic rings. The third-order valence-corrected chi connectivity index (χ3v) is 3.78. The third-order valence-electron chi connectivity index (χ3n) is 2.56. The van der Waals surface area contributed by atoms with Crippen molar-refractivity contribution in [2.24, 2.45) is 10.9 Å². The number of thioether (sulfide) groups is 1. The summed E-state index contributed by atoms with van der Waals surface area (Å²) < 4.78 is 4.75. The van der Waals surface area contributed by atoms with Gasteiger partial charge < -0.3 is 9.84 Å². The third kappa shape index (κ3) is 2.75. The van der Waals surface area contributed by atoms with Crippen molar-refractivity contribution in [1.82, 2.24) is 10.5 Å². The second-order valence-electron chi connectivity index (χ2n) is 3.83. The van der Waals surface area contributed by atoms with Crippen LogP contribution < -0.4 is 5.32 Å². The van der Waals surface area contributed by atoms with E-state index in [0.29, 0.717) is 18.5 Å². The van der Waals surface area contributed by atoms with E-state index >= 15 is 0 Å². The number of hydrogen-bond acceptors (Lipinski definition) is 4. The van der Waals surface area contributed by atoms with Gasteiger partial charge in [-0.25, -0.2) is 0 Å². The highest BCUT2D eigenvalue weighted by atomic mass is 32.2. The predicted octanol–water partition coefficient (Wildman–Crippen LogP) is 1.89. The molecule has 1 N–H and O–H groups in total. The molecule has 0 aliphatic carbocycles. The fraction of sp³-hybridized carbons (Fsp3) is 0.600. The number of rotatable bonds is 2. The first-order chi connectivity index (χ1) is 7.25. The Balaban J connectivity index is 1.91. The van der Waals surface area contributed by atoms with Crippen LogP contribution >= 0.6 is 11.8 Å². The van der Waals surface area contributed by atoms with Crippen molar-refractivity contribution in [1.29, 1.82) is 0 Å². The first-order valence-corrected chi connectivity index (χ1v) is 6.07. The van der Waals surface area contributed by atoms with Crippen molar-refractivity contribution in [2.75, 3.05) is 5.75 Å². The van der Waals surface area contributed by atoms with Crippen molar-refractivity contribution in [3.8, 4) is 0 Å². The lowest BCUT2D eigenvalue weighted by Crippen LogP contribution is -2.41. The van der Waals surface area contributed by atoms with Crippen LogP contribution in [0.25, 0.3) is 0 Å². The Labute approximate surface area is 93.5 Å². The largest absolute Gasteiger partial charge is 0.364 e. The highest BCUT2D eigenvalue weighted by molar-refractivity contribution is 8.13. The topological polar surface area (TPSA) is 50.4 Å². The van der Waals surface area contributed by atoms with Gasteiger partial charge in [0.05, 0.1) is 6.54 Å². The SMILES string of the molecule is CC1CSC(=NCc2ccon2)NC1C. The Morgan fingerprint density at radius 3 is 3.20 bits per heavy atom. The molecular weight excluding hydrogens is 210 g/mol. The van der Waals surface area contributed by atoms with Gasteiger partial charge in [-0.2, -0.15) is 0 Å². The van der Waals surface area contributed by atoms with Crippen molar-refractivity contribution >= 4 is 16.9 Å². The van der Waals surface area contributed by atoms with Crippen molar-refractivity contribution in [3.63, 3.8) is 0 Å². The number of amidine groups is 1. The zero-order valence-corrected chi connectivity index (χ0v) is 9.75. The minimum Gasteiger partial charge on any atom is -0.364 e. The van der Waals surface area contributed by atoms with Gasteiger partial charge in [0.15, 0.2) is 5.17 Å². The quantitative estimate of drug-likeness (QED) is 0.835. The van der Waals surface area contributed by atoms with Crippen LogP contribution in [-0.2, 0) is 6.54 Å². The molecule has 2 unspecified atom stereocenters. The van der Waals surface area contributed by atoms with E-state index in [0.717, 1.165) is 16.6 Å². The highest BCUT2D eigenvalue weighted by Gasteiger charge is 2.20. The second-order valence-corrected chi connectivity index (χ2v) is 4.84. The summed E-state index contributed by atoms with van der Waals surface area (Å²) in [5, 5.41) is 8.22. The summed E-state index contributed by atoms with van der Waals surface area (Å²) in [5.41, 5.74) is 0.871. The van der Waals surface area contributed by atoms with Gasteiger partial charge in [0.1, 0.15) is 12.0 Å². The monoisotopic (exact) mass is 225 g/mol. The van der Waals surface area contributed by atoms with Crippen LogP contribution in [0.15, 0.2) is 21.8 Å². The molecule has 2 heterocycles. The molecule has 2 rings (SSSR count). The molecule has 5 heteroatoms. The summed E-state index contributed by atoms with van der Waals surface area (Å²) in [4.78, 5) is 4.46. The zero-order chi connectivity index (χ0) is 10.7. The molecule has 1 saturated heterocycles. The van der Waals surface area contributed by atoms with Crippen molar-refractivity contribution in [2.45, 2.75) is 26.4 Å². The van der Waals surface area contributed by atoms with Crippen LogP contribution in [0.4, 0.5) is 0 Å². The van der Waals surface area contributed by atoms with Gasteiger partial charge in [0.25, 0.3) is 0 Å². The van der Waals surface area contributed by atoms with E-state index < -0.39 is 0 Å². The van der Waals surface area contributed by atoms with Gasteiger partial charge in [-0.3, -0.25) is 4.99 Å². The van der Waals surface area contributed by atoms with Gasteiger partial charge in [-0.1, -0.05) is 23.8 Å². The number of nitrogens with zero attached hydrogens (tertiary/aromatic N) is 2. The first kappa shape index (κ1) is 10.5. The van der Waals surface area contributed by atoms with Gasteiger partial charge in [0.2, 0.25) is 0 Å². The molecule has 0 saturated carbocycles. The smallest absolute Gasteiger partial charge is 0.157 e. The van der Waals surface area contributed by atoms with Crippen molar-refractivity contribution < 1.29 is 4.52 Å². The summed E-state index contributed by atoms with van der Waals surface area (Å²) in [7, 11) is 0. The van der Waals surface area contributed by atoms with E-state index in [1.54, 1.807) is 18.0 Å². The Hall–Kier alpha value is -0.970. The summed E-state index contributed by atoms with van der Waals surface area (Å²) in [6.07, 6.45) is 1.57. The average molecular weight is 225 g/mol. The lowest BCUT2D eigenvalue weighted by molar-refractivity contribution is 0.412. The molecule has 0 radical (unpaired) electrons. The first-order valence-electron chi connectivity index (χ1n) is 5.09. The second kappa shape index (κ2) is 4.70. The van der Waals surface area contributed by atoms with E-state index in [-0.39, 0.29) is 0 Å². The number of aliphatic imine (C=N–C) groups is 1. The van der Waals surface area contributed by atoms with E-state index in [1.807, 2.05) is 6.07 Å². The van der Waals surface area contributed by atoms with Crippen LogP contribution in [0.3, 0.4) is 0 Å². The lowest BCUT2D eigenvalue weighted by atomic mass is 10.1. The van der Waals surface area contributed by atoms with Crippen LogP contribution in [-0.4, -0.2) is 22.1 Å². The maximum Gasteiger partial charge on any atom is 0.157 e. The Bertz CT molecular complexity index is 336. The molecule has 0 amide bonds. The standard InChI is InChI=1S/C10H15N3OS/c1-7-6-15-10(12-8(7)2)11-5-9-3-4-14-13-9/h3-4,7-8H,5-6H2,1-2H3,(H,11,12). The zero-order valence-electron chi connectivity index (χ0n) is 8.93. The van der Waals surface area contributed by atoms with Gasteiger partial charge >= 0.3 is 0 Å². The normalized spacial score (nSPS) is 29.1. The Morgan fingerprint density at radius 1 is 1.67 bits per heavy atom. The van der Waals surface area contributed by atoms with Gasteiger partial charge in [-0.15, -0.1) is 0 Å². The number of aromatic nitrogens is 1. The van der Waals surface area contributed by atoms with E-state index in [1.165, 1.54) is 0 Å². The summed E-state index contributed by atoms with van der Waals surface area (Å²) in [6, 6.07) is 2.34. The molecule has 1 aromatic rings.